The molecule has 1 aromatic carbocycles. The molecule has 3 amide bonds. The zero-order valence-electron chi connectivity index (χ0n) is 12.5. The molecule has 0 saturated carbocycles. The molecule has 0 heterocycles. The Labute approximate surface area is 120 Å². The van der Waals surface area contributed by atoms with Crippen molar-refractivity contribution in [2.24, 2.45) is 0 Å². The van der Waals surface area contributed by atoms with E-state index < -0.39 is 0 Å². The second kappa shape index (κ2) is 6.93. The predicted molar refractivity (Wildman–Crippen MR) is 81.0 cm³/mol. The SMILES string of the molecule is CCCNC(=O)Nc1ccc(C(=O)NC(C)(C)C)cc1. The third kappa shape index (κ3) is 5.73. The van der Waals surface area contributed by atoms with E-state index in [-0.39, 0.29) is 17.5 Å². The van der Waals surface area contributed by atoms with Crippen molar-refractivity contribution in [3.05, 3.63) is 29.8 Å². The Hall–Kier alpha value is -2.04. The monoisotopic (exact) mass is 277 g/mol. The lowest BCUT2D eigenvalue weighted by molar-refractivity contribution is 0.0919. The average molecular weight is 277 g/mol. The fourth-order valence-electron chi connectivity index (χ4n) is 1.53. The smallest absolute Gasteiger partial charge is 0.319 e. The second-order valence-electron chi connectivity index (χ2n) is 5.66. The third-order valence-corrected chi connectivity index (χ3v) is 2.43. The normalized spacial score (nSPS) is 10.8. The lowest BCUT2D eigenvalue weighted by Crippen LogP contribution is -2.40. The minimum atomic E-state index is -0.270. The maximum atomic E-state index is 11.9. The van der Waals surface area contributed by atoms with Gasteiger partial charge in [0.25, 0.3) is 5.91 Å². The first-order chi connectivity index (χ1) is 9.31. The molecule has 0 aliphatic carbocycles. The Morgan fingerprint density at radius 2 is 1.70 bits per heavy atom. The fourth-order valence-corrected chi connectivity index (χ4v) is 1.53. The quantitative estimate of drug-likeness (QED) is 0.792. The van der Waals surface area contributed by atoms with Crippen molar-refractivity contribution in [3.63, 3.8) is 0 Å². The molecule has 5 nitrogen and oxygen atoms in total. The topological polar surface area (TPSA) is 70.2 Å². The first-order valence-electron chi connectivity index (χ1n) is 6.79. The van der Waals surface area contributed by atoms with Crippen molar-refractivity contribution in [3.8, 4) is 0 Å². The van der Waals surface area contributed by atoms with E-state index in [0.717, 1.165) is 6.42 Å². The van der Waals surface area contributed by atoms with E-state index in [4.69, 9.17) is 0 Å². The number of nitrogens with one attached hydrogen (secondary N) is 3. The molecular weight excluding hydrogens is 254 g/mol. The summed E-state index contributed by atoms with van der Waals surface area (Å²) in [5, 5.41) is 8.31. The minimum Gasteiger partial charge on any atom is -0.347 e. The van der Waals surface area contributed by atoms with Crippen LogP contribution in [0.5, 0.6) is 0 Å². The van der Waals surface area contributed by atoms with Crippen LogP contribution in [0.15, 0.2) is 24.3 Å². The summed E-state index contributed by atoms with van der Waals surface area (Å²) in [6.07, 6.45) is 0.888. The molecule has 0 aliphatic heterocycles. The Kier molecular flexibility index (Phi) is 5.55. The minimum absolute atomic E-state index is 0.125. The summed E-state index contributed by atoms with van der Waals surface area (Å²) in [5.74, 6) is -0.125. The molecule has 0 aromatic heterocycles. The fraction of sp³-hybridized carbons (Fsp3) is 0.467. The van der Waals surface area contributed by atoms with Gasteiger partial charge in [-0.3, -0.25) is 4.79 Å². The van der Waals surface area contributed by atoms with Crippen LogP contribution in [0.2, 0.25) is 0 Å². The largest absolute Gasteiger partial charge is 0.347 e. The van der Waals surface area contributed by atoms with E-state index in [1.165, 1.54) is 0 Å². The molecule has 0 radical (unpaired) electrons. The molecule has 0 unspecified atom stereocenters. The molecule has 0 fully saturated rings. The van der Waals surface area contributed by atoms with Crippen LogP contribution in [0.4, 0.5) is 10.5 Å². The summed E-state index contributed by atoms with van der Waals surface area (Å²) < 4.78 is 0. The van der Waals surface area contributed by atoms with Crippen LogP contribution in [-0.4, -0.2) is 24.0 Å². The number of benzene rings is 1. The van der Waals surface area contributed by atoms with E-state index in [1.807, 2.05) is 27.7 Å². The molecule has 1 aromatic rings. The zero-order chi connectivity index (χ0) is 15.2. The molecule has 0 atom stereocenters. The summed E-state index contributed by atoms with van der Waals surface area (Å²) in [5.41, 5.74) is 0.957. The Balaban J connectivity index is 2.60. The Morgan fingerprint density at radius 1 is 1.10 bits per heavy atom. The molecule has 0 spiro atoms. The van der Waals surface area contributed by atoms with E-state index in [1.54, 1.807) is 24.3 Å². The first kappa shape index (κ1) is 16.0. The highest BCUT2D eigenvalue weighted by atomic mass is 16.2. The Morgan fingerprint density at radius 3 is 2.20 bits per heavy atom. The van der Waals surface area contributed by atoms with Crippen LogP contribution >= 0.6 is 0 Å². The summed E-state index contributed by atoms with van der Waals surface area (Å²) in [7, 11) is 0. The van der Waals surface area contributed by atoms with Crippen LogP contribution in [0.1, 0.15) is 44.5 Å². The molecule has 0 bridgehead atoms. The molecule has 3 N–H and O–H groups in total. The molecule has 20 heavy (non-hydrogen) atoms. The van der Waals surface area contributed by atoms with Gasteiger partial charge in [0, 0.05) is 23.3 Å². The molecule has 0 saturated heterocycles. The summed E-state index contributed by atoms with van der Waals surface area (Å²) in [6, 6.07) is 6.57. The van der Waals surface area contributed by atoms with Gasteiger partial charge in [0.1, 0.15) is 0 Å². The van der Waals surface area contributed by atoms with E-state index in [0.29, 0.717) is 17.8 Å². The standard InChI is InChI=1S/C15H23N3O2/c1-5-10-16-14(20)17-12-8-6-11(7-9-12)13(19)18-15(2,3)4/h6-9H,5,10H2,1-4H3,(H,18,19)(H2,16,17,20). The summed E-state index contributed by atoms with van der Waals surface area (Å²) in [4.78, 5) is 23.4. The van der Waals surface area contributed by atoms with E-state index >= 15 is 0 Å². The van der Waals surface area contributed by atoms with Gasteiger partial charge in [-0.05, 0) is 51.5 Å². The maximum Gasteiger partial charge on any atom is 0.319 e. The lowest BCUT2D eigenvalue weighted by atomic mass is 10.1. The van der Waals surface area contributed by atoms with E-state index in [2.05, 4.69) is 16.0 Å². The number of carbonyl (C=O) groups is 2. The molecule has 5 heteroatoms. The number of carbonyl (C=O) groups excluding carboxylic acids is 2. The number of rotatable bonds is 4. The van der Waals surface area contributed by atoms with Gasteiger partial charge in [-0.1, -0.05) is 6.92 Å². The number of amides is 3. The van der Waals surface area contributed by atoms with Crippen LogP contribution < -0.4 is 16.0 Å². The van der Waals surface area contributed by atoms with Gasteiger partial charge in [-0.25, -0.2) is 4.79 Å². The van der Waals surface area contributed by atoms with Gasteiger partial charge in [-0.15, -0.1) is 0 Å². The lowest BCUT2D eigenvalue weighted by Gasteiger charge is -2.20. The first-order valence-corrected chi connectivity index (χ1v) is 6.79. The summed E-state index contributed by atoms with van der Waals surface area (Å²) in [6.45, 7) is 8.41. The van der Waals surface area contributed by atoms with Crippen LogP contribution in [0.3, 0.4) is 0 Å². The van der Waals surface area contributed by atoms with Gasteiger partial charge >= 0.3 is 6.03 Å². The second-order valence-corrected chi connectivity index (χ2v) is 5.66. The van der Waals surface area contributed by atoms with Crippen molar-refractivity contribution >= 4 is 17.6 Å². The zero-order valence-corrected chi connectivity index (χ0v) is 12.5. The number of anilines is 1. The Bertz CT molecular complexity index is 461. The van der Waals surface area contributed by atoms with Gasteiger partial charge < -0.3 is 16.0 Å². The molecule has 1 rings (SSSR count). The molecule has 0 aliphatic rings. The van der Waals surface area contributed by atoms with Crippen molar-refractivity contribution < 1.29 is 9.59 Å². The van der Waals surface area contributed by atoms with Crippen LogP contribution in [0.25, 0.3) is 0 Å². The highest BCUT2D eigenvalue weighted by Gasteiger charge is 2.15. The van der Waals surface area contributed by atoms with Crippen molar-refractivity contribution in [2.45, 2.75) is 39.7 Å². The van der Waals surface area contributed by atoms with Gasteiger partial charge in [0.2, 0.25) is 0 Å². The predicted octanol–water partition coefficient (Wildman–Crippen LogP) is 2.75. The van der Waals surface area contributed by atoms with Crippen LogP contribution in [0, 0.1) is 0 Å². The maximum absolute atomic E-state index is 11.9. The number of hydrogen-bond acceptors (Lipinski definition) is 2. The number of hydrogen-bond donors (Lipinski definition) is 3. The molecule has 110 valence electrons. The van der Waals surface area contributed by atoms with Crippen molar-refractivity contribution in [1.29, 1.82) is 0 Å². The van der Waals surface area contributed by atoms with Gasteiger partial charge in [-0.2, -0.15) is 0 Å². The van der Waals surface area contributed by atoms with Crippen molar-refractivity contribution in [2.75, 3.05) is 11.9 Å². The average Bonchev–Trinajstić information content (AvgIpc) is 2.35. The summed E-state index contributed by atoms with van der Waals surface area (Å²) >= 11 is 0. The number of urea groups is 1. The van der Waals surface area contributed by atoms with Crippen LogP contribution in [-0.2, 0) is 0 Å². The third-order valence-electron chi connectivity index (χ3n) is 2.43. The van der Waals surface area contributed by atoms with Crippen molar-refractivity contribution in [1.82, 2.24) is 10.6 Å². The van der Waals surface area contributed by atoms with Gasteiger partial charge in [0.15, 0.2) is 0 Å². The van der Waals surface area contributed by atoms with E-state index in [9.17, 15) is 9.59 Å². The van der Waals surface area contributed by atoms with Gasteiger partial charge in [0.05, 0.1) is 0 Å². The highest BCUT2D eigenvalue weighted by molar-refractivity contribution is 5.95. The highest BCUT2D eigenvalue weighted by Crippen LogP contribution is 2.10. The molecular formula is C15H23N3O2.